The lowest BCUT2D eigenvalue weighted by atomic mass is 9.93. The van der Waals surface area contributed by atoms with Gasteiger partial charge in [-0.3, -0.25) is 4.79 Å². The highest BCUT2D eigenvalue weighted by atomic mass is 79.9. The van der Waals surface area contributed by atoms with Crippen LogP contribution < -0.4 is 5.73 Å². The summed E-state index contributed by atoms with van der Waals surface area (Å²) in [6, 6.07) is 3.70. The lowest BCUT2D eigenvalue weighted by Crippen LogP contribution is -2.26. The number of primary amides is 1. The summed E-state index contributed by atoms with van der Waals surface area (Å²) in [5.41, 5.74) is 7.34. The van der Waals surface area contributed by atoms with Crippen molar-refractivity contribution >= 4 is 21.8 Å². The molecule has 2 atom stereocenters. The van der Waals surface area contributed by atoms with Crippen molar-refractivity contribution in [3.63, 3.8) is 0 Å². The number of hydrogen-bond donors (Lipinski definition) is 3. The Morgan fingerprint density at radius 1 is 1.35 bits per heavy atom. The first-order valence-electron chi connectivity index (χ1n) is 5.24. The van der Waals surface area contributed by atoms with Crippen molar-refractivity contribution in [2.75, 3.05) is 0 Å². The van der Waals surface area contributed by atoms with E-state index < -0.39 is 18.1 Å². The van der Waals surface area contributed by atoms with Crippen molar-refractivity contribution in [1.29, 1.82) is 0 Å². The fourth-order valence-electron chi connectivity index (χ4n) is 1.90. The Labute approximate surface area is 109 Å². The zero-order valence-corrected chi connectivity index (χ0v) is 11.4. The zero-order chi connectivity index (χ0) is 13.2. The van der Waals surface area contributed by atoms with Gasteiger partial charge < -0.3 is 15.9 Å². The molecule has 1 amide bonds. The van der Waals surface area contributed by atoms with E-state index in [9.17, 15) is 15.0 Å². The number of rotatable bonds is 4. The molecular formula is C12H16BrNO3. The fourth-order valence-corrected chi connectivity index (χ4v) is 2.59. The van der Waals surface area contributed by atoms with E-state index in [0.717, 1.165) is 15.6 Å². The number of carbonyl (C=O) groups excluding carboxylic acids is 1. The van der Waals surface area contributed by atoms with Gasteiger partial charge in [0.2, 0.25) is 5.91 Å². The van der Waals surface area contributed by atoms with Crippen LogP contribution in [0, 0.1) is 13.8 Å². The van der Waals surface area contributed by atoms with E-state index >= 15 is 0 Å². The van der Waals surface area contributed by atoms with Crippen molar-refractivity contribution in [2.24, 2.45) is 5.73 Å². The van der Waals surface area contributed by atoms with Crippen LogP contribution in [0.5, 0.6) is 0 Å². The minimum atomic E-state index is -1.17. The first-order chi connectivity index (χ1) is 7.82. The maximum atomic E-state index is 10.7. The zero-order valence-electron chi connectivity index (χ0n) is 9.77. The molecule has 2 unspecified atom stereocenters. The van der Waals surface area contributed by atoms with Gasteiger partial charge in [0.25, 0.3) is 0 Å². The van der Waals surface area contributed by atoms with E-state index in [1.54, 1.807) is 0 Å². The molecule has 0 saturated carbocycles. The van der Waals surface area contributed by atoms with Crippen LogP contribution in [-0.4, -0.2) is 22.2 Å². The van der Waals surface area contributed by atoms with Gasteiger partial charge in [-0.1, -0.05) is 15.9 Å². The summed E-state index contributed by atoms with van der Waals surface area (Å²) in [5, 5.41) is 19.7. The van der Waals surface area contributed by atoms with Gasteiger partial charge in [-0.05, 0) is 42.7 Å². The molecular weight excluding hydrogens is 286 g/mol. The summed E-state index contributed by atoms with van der Waals surface area (Å²) in [7, 11) is 0. The Bertz CT molecular complexity index is 411. The van der Waals surface area contributed by atoms with E-state index in [-0.39, 0.29) is 6.42 Å². The molecule has 0 aliphatic heterocycles. The number of halogens is 1. The Morgan fingerprint density at radius 3 is 2.24 bits per heavy atom. The van der Waals surface area contributed by atoms with Crippen LogP contribution in [0.2, 0.25) is 0 Å². The highest BCUT2D eigenvalue weighted by molar-refractivity contribution is 9.10. The highest BCUT2D eigenvalue weighted by Crippen LogP contribution is 2.28. The van der Waals surface area contributed by atoms with Gasteiger partial charge in [-0.15, -0.1) is 0 Å². The Hall–Kier alpha value is -0.910. The smallest absolute Gasteiger partial charge is 0.220 e. The molecule has 0 spiro atoms. The molecule has 0 radical (unpaired) electrons. The molecule has 0 aromatic heterocycles. The van der Waals surface area contributed by atoms with Crippen molar-refractivity contribution in [3.05, 3.63) is 33.3 Å². The lowest BCUT2D eigenvalue weighted by molar-refractivity contribution is -0.121. The second-order valence-corrected chi connectivity index (χ2v) is 5.05. The quantitative estimate of drug-likeness (QED) is 0.784. The molecule has 0 bridgehead atoms. The molecule has 1 rings (SSSR count). The molecule has 94 valence electrons. The number of hydrogen-bond acceptors (Lipinski definition) is 3. The van der Waals surface area contributed by atoms with Gasteiger partial charge >= 0.3 is 0 Å². The van der Waals surface area contributed by atoms with E-state index in [1.165, 1.54) is 0 Å². The van der Waals surface area contributed by atoms with E-state index in [1.807, 2.05) is 26.0 Å². The van der Waals surface area contributed by atoms with Crippen LogP contribution in [0.25, 0.3) is 0 Å². The maximum absolute atomic E-state index is 10.7. The summed E-state index contributed by atoms with van der Waals surface area (Å²) >= 11 is 3.36. The van der Waals surface area contributed by atoms with Crippen LogP contribution >= 0.6 is 15.9 Å². The molecule has 5 heteroatoms. The summed E-state index contributed by atoms with van der Waals surface area (Å²) < 4.78 is 0.910. The molecule has 0 aliphatic rings. The minimum Gasteiger partial charge on any atom is -0.390 e. The van der Waals surface area contributed by atoms with Crippen molar-refractivity contribution in [3.8, 4) is 0 Å². The largest absolute Gasteiger partial charge is 0.390 e. The molecule has 17 heavy (non-hydrogen) atoms. The predicted octanol–water partition coefficient (Wildman–Crippen LogP) is 1.34. The second-order valence-electron chi connectivity index (χ2n) is 4.14. The van der Waals surface area contributed by atoms with Gasteiger partial charge in [-0.2, -0.15) is 0 Å². The lowest BCUT2D eigenvalue weighted by Gasteiger charge is -2.21. The average Bonchev–Trinajstić information content (AvgIpc) is 2.14. The number of amides is 1. The van der Waals surface area contributed by atoms with Crippen LogP contribution in [0.15, 0.2) is 16.6 Å². The fraction of sp³-hybridized carbons (Fsp3) is 0.417. The number of benzene rings is 1. The predicted molar refractivity (Wildman–Crippen MR) is 68.4 cm³/mol. The van der Waals surface area contributed by atoms with Crippen LogP contribution in [0.1, 0.15) is 29.2 Å². The molecule has 4 N–H and O–H groups in total. The van der Waals surface area contributed by atoms with Gasteiger partial charge in [0.1, 0.15) is 6.10 Å². The molecule has 4 nitrogen and oxygen atoms in total. The van der Waals surface area contributed by atoms with Crippen LogP contribution in [0.3, 0.4) is 0 Å². The van der Waals surface area contributed by atoms with Crippen LogP contribution in [0.4, 0.5) is 0 Å². The molecule has 0 fully saturated rings. The average molecular weight is 302 g/mol. The summed E-state index contributed by atoms with van der Waals surface area (Å²) in [4.78, 5) is 10.7. The number of aliphatic hydroxyl groups excluding tert-OH is 2. The van der Waals surface area contributed by atoms with Crippen LogP contribution in [-0.2, 0) is 4.79 Å². The van der Waals surface area contributed by atoms with Gasteiger partial charge in [-0.25, -0.2) is 0 Å². The third kappa shape index (κ3) is 3.52. The number of carbonyl (C=O) groups is 1. The third-order valence-electron chi connectivity index (χ3n) is 2.63. The molecule has 0 heterocycles. The Morgan fingerprint density at radius 2 is 1.82 bits per heavy atom. The Kier molecular flexibility index (Phi) is 4.68. The SMILES string of the molecule is Cc1cc(Br)cc(C)c1C(O)C(O)CC(N)=O. The van der Waals surface area contributed by atoms with Crippen molar-refractivity contribution in [2.45, 2.75) is 32.5 Å². The molecule has 1 aromatic rings. The summed E-state index contributed by atoms with van der Waals surface area (Å²) in [6.45, 7) is 3.68. The highest BCUT2D eigenvalue weighted by Gasteiger charge is 2.23. The molecule has 1 aromatic carbocycles. The van der Waals surface area contributed by atoms with Gasteiger partial charge in [0.15, 0.2) is 0 Å². The summed E-state index contributed by atoms with van der Waals surface area (Å²) in [5.74, 6) is -0.635. The number of aryl methyl sites for hydroxylation is 2. The first-order valence-corrected chi connectivity index (χ1v) is 6.03. The molecule has 0 saturated heterocycles. The standard InChI is InChI=1S/C12H16BrNO3/c1-6-3-8(13)4-7(2)11(6)12(17)9(15)5-10(14)16/h3-4,9,12,15,17H,5H2,1-2H3,(H2,14,16). The minimum absolute atomic E-state index is 0.254. The van der Waals surface area contributed by atoms with E-state index in [4.69, 9.17) is 5.73 Å². The Balaban J connectivity index is 3.03. The maximum Gasteiger partial charge on any atom is 0.220 e. The van der Waals surface area contributed by atoms with Gasteiger partial charge in [0, 0.05) is 4.47 Å². The van der Waals surface area contributed by atoms with E-state index in [0.29, 0.717) is 5.56 Å². The topological polar surface area (TPSA) is 83.6 Å². The third-order valence-corrected chi connectivity index (χ3v) is 3.09. The molecule has 0 aliphatic carbocycles. The second kappa shape index (κ2) is 5.62. The van der Waals surface area contributed by atoms with Crippen molar-refractivity contribution in [1.82, 2.24) is 0 Å². The number of nitrogens with two attached hydrogens (primary N) is 1. The summed E-state index contributed by atoms with van der Waals surface area (Å²) in [6.07, 6.45) is -2.53. The van der Waals surface area contributed by atoms with E-state index in [2.05, 4.69) is 15.9 Å². The van der Waals surface area contributed by atoms with Crippen molar-refractivity contribution < 1.29 is 15.0 Å². The monoisotopic (exact) mass is 301 g/mol. The number of aliphatic hydroxyl groups is 2. The normalized spacial score (nSPS) is 14.4. The first kappa shape index (κ1) is 14.2. The van der Waals surface area contributed by atoms with Gasteiger partial charge in [0.05, 0.1) is 12.5 Å².